The summed E-state index contributed by atoms with van der Waals surface area (Å²) in [6, 6.07) is 0. The van der Waals surface area contributed by atoms with E-state index in [-0.39, 0.29) is 0 Å². The summed E-state index contributed by atoms with van der Waals surface area (Å²) in [5, 5.41) is 15.0. The van der Waals surface area contributed by atoms with Crippen LogP contribution in [-0.4, -0.2) is 38.2 Å². The number of aliphatic hydroxyl groups is 1. The van der Waals surface area contributed by atoms with Gasteiger partial charge in [0, 0.05) is 19.6 Å². The summed E-state index contributed by atoms with van der Waals surface area (Å²) in [5.74, 6) is 1.59. The van der Waals surface area contributed by atoms with Crippen molar-refractivity contribution in [3.05, 3.63) is 12.2 Å². The largest absolute Gasteiger partial charge is 0.390 e. The maximum atomic E-state index is 10.8. The van der Waals surface area contributed by atoms with Crippen molar-refractivity contribution in [1.29, 1.82) is 0 Å². The van der Waals surface area contributed by atoms with Gasteiger partial charge in [0.25, 0.3) is 0 Å². The van der Waals surface area contributed by atoms with Crippen LogP contribution in [0, 0.1) is 5.92 Å². The van der Waals surface area contributed by atoms with E-state index >= 15 is 0 Å². The minimum atomic E-state index is -0.509. The van der Waals surface area contributed by atoms with Gasteiger partial charge < -0.3 is 9.84 Å². The van der Waals surface area contributed by atoms with E-state index in [1.807, 2.05) is 11.6 Å². The molecule has 1 aliphatic carbocycles. The number of ether oxygens (including phenoxy) is 1. The average molecular weight is 295 g/mol. The van der Waals surface area contributed by atoms with E-state index in [2.05, 4.69) is 23.9 Å². The molecule has 1 aromatic rings. The predicted octanol–water partition coefficient (Wildman–Crippen LogP) is 2.58. The molecule has 1 atom stereocenters. The van der Waals surface area contributed by atoms with Crippen molar-refractivity contribution in [1.82, 2.24) is 14.8 Å². The highest BCUT2D eigenvalue weighted by atomic mass is 16.5. The molecule has 5 nitrogen and oxygen atoms in total. The fraction of sp³-hybridized carbons (Fsp3) is 0.875. The van der Waals surface area contributed by atoms with Crippen LogP contribution in [-0.2, 0) is 17.7 Å². The molecule has 0 aromatic carbocycles. The lowest BCUT2D eigenvalue weighted by Crippen LogP contribution is -2.49. The van der Waals surface area contributed by atoms with Crippen LogP contribution in [0.3, 0.4) is 0 Å². The Kier molecular flexibility index (Phi) is 5.76. The zero-order valence-corrected chi connectivity index (χ0v) is 13.6. The second kappa shape index (κ2) is 7.36. The van der Waals surface area contributed by atoms with Gasteiger partial charge in [0.2, 0.25) is 0 Å². The lowest BCUT2D eigenvalue weighted by atomic mass is 9.75. The van der Waals surface area contributed by atoms with Crippen LogP contribution < -0.4 is 0 Å². The number of aromatic nitrogens is 3. The third kappa shape index (κ3) is 3.83. The Bertz CT molecular complexity index is 425. The molecule has 1 aromatic heterocycles. The van der Waals surface area contributed by atoms with Gasteiger partial charge in [-0.1, -0.05) is 13.8 Å². The topological polar surface area (TPSA) is 60.2 Å². The Labute approximate surface area is 127 Å². The molecule has 1 aliphatic rings. The van der Waals surface area contributed by atoms with Crippen molar-refractivity contribution in [3.8, 4) is 0 Å². The van der Waals surface area contributed by atoms with Crippen LogP contribution in [0.5, 0.6) is 0 Å². The average Bonchev–Trinajstić information content (AvgIpc) is 2.89. The first kappa shape index (κ1) is 16.4. The minimum absolute atomic E-state index is 0.399. The Morgan fingerprint density at radius 2 is 2.14 bits per heavy atom. The Balaban J connectivity index is 2.08. The molecule has 0 bridgehead atoms. The van der Waals surface area contributed by atoms with E-state index in [0.29, 0.717) is 13.0 Å². The first-order chi connectivity index (χ1) is 10.1. The van der Waals surface area contributed by atoms with Crippen LogP contribution in [0.1, 0.15) is 58.7 Å². The first-order valence-electron chi connectivity index (χ1n) is 8.30. The van der Waals surface area contributed by atoms with Gasteiger partial charge >= 0.3 is 0 Å². The molecule has 0 saturated heterocycles. The van der Waals surface area contributed by atoms with E-state index in [1.54, 1.807) is 6.33 Å². The molecule has 5 heteroatoms. The number of rotatable bonds is 7. The summed E-state index contributed by atoms with van der Waals surface area (Å²) in [6.07, 6.45) is 6.72. The summed E-state index contributed by atoms with van der Waals surface area (Å²) in [4.78, 5) is 4.31. The normalized spacial score (nSPS) is 27.7. The van der Waals surface area contributed by atoms with Crippen LogP contribution in [0.15, 0.2) is 6.33 Å². The molecule has 0 radical (unpaired) electrons. The molecule has 2 rings (SSSR count). The molecule has 1 unspecified atom stereocenters. The van der Waals surface area contributed by atoms with Crippen LogP contribution in [0.25, 0.3) is 0 Å². The third-order valence-corrected chi connectivity index (χ3v) is 4.67. The van der Waals surface area contributed by atoms with Gasteiger partial charge in [0.05, 0.1) is 11.7 Å². The Morgan fingerprint density at radius 1 is 1.43 bits per heavy atom. The fourth-order valence-corrected chi connectivity index (χ4v) is 3.32. The number of hydrogen-bond acceptors (Lipinski definition) is 4. The van der Waals surface area contributed by atoms with Gasteiger partial charge in [-0.15, -0.1) is 0 Å². The molecule has 1 saturated carbocycles. The third-order valence-electron chi connectivity index (χ3n) is 4.67. The molecule has 0 aliphatic heterocycles. The summed E-state index contributed by atoms with van der Waals surface area (Å²) < 4.78 is 7.92. The van der Waals surface area contributed by atoms with Crippen molar-refractivity contribution in [3.63, 3.8) is 0 Å². The molecule has 1 N–H and O–H groups in total. The number of nitrogens with zero attached hydrogens (tertiary/aromatic N) is 3. The van der Waals surface area contributed by atoms with E-state index in [9.17, 15) is 5.11 Å². The van der Waals surface area contributed by atoms with Gasteiger partial charge in [-0.05, 0) is 44.9 Å². The maximum Gasteiger partial charge on any atom is 0.138 e. The molecular formula is C16H29N3O2. The lowest BCUT2D eigenvalue weighted by Gasteiger charge is -2.42. The van der Waals surface area contributed by atoms with Gasteiger partial charge in [-0.3, -0.25) is 4.68 Å². The molecule has 120 valence electrons. The Hall–Kier alpha value is -0.940. The van der Waals surface area contributed by atoms with Crippen molar-refractivity contribution >= 4 is 0 Å². The van der Waals surface area contributed by atoms with Crippen LogP contribution in [0.2, 0.25) is 0 Å². The molecule has 0 amide bonds. The van der Waals surface area contributed by atoms with Gasteiger partial charge in [-0.25, -0.2) is 4.98 Å². The van der Waals surface area contributed by atoms with E-state index in [0.717, 1.165) is 50.4 Å². The molecular weight excluding hydrogens is 266 g/mol. The fourth-order valence-electron chi connectivity index (χ4n) is 3.32. The van der Waals surface area contributed by atoms with Crippen LogP contribution >= 0.6 is 0 Å². The SMILES string of the molecule is CCCn1ncnc1CC(O)C1(OCC)CCC(C)CC1. The number of aryl methyl sites for hydroxylation is 1. The molecule has 1 fully saturated rings. The van der Waals surface area contributed by atoms with Gasteiger partial charge in [0.1, 0.15) is 12.2 Å². The van der Waals surface area contributed by atoms with Gasteiger partial charge in [-0.2, -0.15) is 5.10 Å². The minimum Gasteiger partial charge on any atom is -0.390 e. The zero-order chi connectivity index (χ0) is 15.3. The van der Waals surface area contributed by atoms with Crippen LogP contribution in [0.4, 0.5) is 0 Å². The summed E-state index contributed by atoms with van der Waals surface area (Å²) in [5.41, 5.74) is -0.399. The highest BCUT2D eigenvalue weighted by Gasteiger charge is 2.41. The van der Waals surface area contributed by atoms with Crippen molar-refractivity contribution in [2.45, 2.75) is 77.5 Å². The van der Waals surface area contributed by atoms with Crippen molar-refractivity contribution < 1.29 is 9.84 Å². The second-order valence-corrected chi connectivity index (χ2v) is 6.30. The van der Waals surface area contributed by atoms with Gasteiger partial charge in [0.15, 0.2) is 0 Å². The van der Waals surface area contributed by atoms with E-state index in [1.165, 1.54) is 0 Å². The molecule has 0 spiro atoms. The molecule has 1 heterocycles. The van der Waals surface area contributed by atoms with E-state index in [4.69, 9.17) is 4.74 Å². The summed E-state index contributed by atoms with van der Waals surface area (Å²) in [6.45, 7) is 7.89. The summed E-state index contributed by atoms with van der Waals surface area (Å²) in [7, 11) is 0. The predicted molar refractivity (Wildman–Crippen MR) is 82.0 cm³/mol. The molecule has 21 heavy (non-hydrogen) atoms. The monoisotopic (exact) mass is 295 g/mol. The zero-order valence-electron chi connectivity index (χ0n) is 13.6. The number of hydrogen-bond donors (Lipinski definition) is 1. The smallest absolute Gasteiger partial charge is 0.138 e. The van der Waals surface area contributed by atoms with E-state index < -0.39 is 11.7 Å². The first-order valence-corrected chi connectivity index (χ1v) is 8.30. The summed E-state index contributed by atoms with van der Waals surface area (Å²) >= 11 is 0. The second-order valence-electron chi connectivity index (χ2n) is 6.30. The quantitative estimate of drug-likeness (QED) is 0.840. The highest BCUT2D eigenvalue weighted by molar-refractivity contribution is 4.98. The van der Waals surface area contributed by atoms with Crippen molar-refractivity contribution in [2.24, 2.45) is 5.92 Å². The lowest BCUT2D eigenvalue weighted by molar-refractivity contribution is -0.144. The highest BCUT2D eigenvalue weighted by Crippen LogP contribution is 2.38. The Morgan fingerprint density at radius 3 is 2.76 bits per heavy atom. The van der Waals surface area contributed by atoms with Crippen molar-refractivity contribution in [2.75, 3.05) is 6.61 Å². The standard InChI is InChI=1S/C16H29N3O2/c1-4-10-19-15(17-12-18-19)11-14(20)16(21-5-2)8-6-13(3)7-9-16/h12-14,20H,4-11H2,1-3H3. The number of aliphatic hydroxyl groups excluding tert-OH is 1. The maximum absolute atomic E-state index is 10.8.